The summed E-state index contributed by atoms with van der Waals surface area (Å²) in [4.78, 5) is 31.8. The number of benzene rings is 2. The molecule has 7 nitrogen and oxygen atoms in total. The molecule has 3 aliphatic heterocycles. The van der Waals surface area contributed by atoms with Gasteiger partial charge in [0.15, 0.2) is 0 Å². The molecule has 0 bridgehead atoms. The van der Waals surface area contributed by atoms with Gasteiger partial charge in [-0.1, -0.05) is 24.3 Å². The van der Waals surface area contributed by atoms with E-state index in [4.69, 9.17) is 9.47 Å². The first kappa shape index (κ1) is 22.8. The highest BCUT2D eigenvalue weighted by Crippen LogP contribution is 2.36. The maximum Gasteiger partial charge on any atom is 0.415 e. The number of nitrogens with zero attached hydrogens (tertiary/aromatic N) is 3. The van der Waals surface area contributed by atoms with Gasteiger partial charge in [-0.05, 0) is 42.7 Å². The molecule has 1 atom stereocenters. The molecule has 34 heavy (non-hydrogen) atoms. The summed E-state index contributed by atoms with van der Waals surface area (Å²) in [6.07, 6.45) is 1.51. The fourth-order valence-electron chi connectivity index (χ4n) is 5.13. The molecular weight excluding hydrogens is 437 g/mol. The number of carbonyl (C=O) groups is 2. The lowest BCUT2D eigenvalue weighted by Gasteiger charge is -2.28. The van der Waals surface area contributed by atoms with E-state index in [1.54, 1.807) is 12.1 Å². The second-order valence-corrected chi connectivity index (χ2v) is 9.31. The van der Waals surface area contributed by atoms with Crippen molar-refractivity contribution in [3.8, 4) is 0 Å². The van der Waals surface area contributed by atoms with Gasteiger partial charge in [-0.3, -0.25) is 14.6 Å². The predicted octanol–water partition coefficient (Wildman–Crippen LogP) is 3.68. The third-order valence-electron chi connectivity index (χ3n) is 7.02. The van der Waals surface area contributed by atoms with Crippen molar-refractivity contribution in [2.75, 3.05) is 50.8 Å². The Hall–Kier alpha value is -2.97. The summed E-state index contributed by atoms with van der Waals surface area (Å²) in [6.45, 7) is 5.38. The molecule has 0 saturated carbocycles. The lowest BCUT2D eigenvalue weighted by Crippen LogP contribution is -2.38. The molecule has 3 fully saturated rings. The van der Waals surface area contributed by atoms with Gasteiger partial charge in [0, 0.05) is 44.7 Å². The summed E-state index contributed by atoms with van der Waals surface area (Å²) in [6, 6.07) is 13.8. The Morgan fingerprint density at radius 2 is 1.82 bits per heavy atom. The molecule has 5 rings (SSSR count). The van der Waals surface area contributed by atoms with E-state index in [9.17, 15) is 14.0 Å². The topological polar surface area (TPSA) is 62.3 Å². The highest BCUT2D eigenvalue weighted by Gasteiger charge is 2.46. The van der Waals surface area contributed by atoms with Crippen LogP contribution in [0.3, 0.4) is 0 Å². The lowest BCUT2D eigenvalue weighted by molar-refractivity contribution is 0.0339. The number of rotatable bonds is 4. The van der Waals surface area contributed by atoms with Gasteiger partial charge in [0.1, 0.15) is 11.4 Å². The van der Waals surface area contributed by atoms with Crippen LogP contribution in [0.2, 0.25) is 0 Å². The molecule has 1 spiro atoms. The van der Waals surface area contributed by atoms with Crippen LogP contribution in [0, 0.1) is 5.82 Å². The zero-order chi connectivity index (χ0) is 23.5. The maximum absolute atomic E-state index is 13.7. The maximum atomic E-state index is 13.7. The molecule has 0 unspecified atom stereocenters. The molecule has 2 amide bonds. The predicted molar refractivity (Wildman–Crippen MR) is 125 cm³/mol. The molecule has 3 saturated heterocycles. The Morgan fingerprint density at radius 3 is 2.65 bits per heavy atom. The Morgan fingerprint density at radius 1 is 1.00 bits per heavy atom. The van der Waals surface area contributed by atoms with Crippen LogP contribution in [-0.4, -0.2) is 73.3 Å². The van der Waals surface area contributed by atoms with Gasteiger partial charge in [0.25, 0.3) is 5.91 Å². The minimum Gasteiger partial charge on any atom is -0.441 e. The van der Waals surface area contributed by atoms with Crippen LogP contribution < -0.4 is 4.90 Å². The average Bonchev–Trinajstić information content (AvgIpc) is 3.03. The average molecular weight is 468 g/mol. The molecular formula is C26H30FN3O4. The number of hydrogen-bond donors (Lipinski definition) is 0. The van der Waals surface area contributed by atoms with E-state index in [2.05, 4.69) is 4.90 Å². The number of amides is 2. The van der Waals surface area contributed by atoms with Gasteiger partial charge in [0.05, 0.1) is 25.4 Å². The second-order valence-electron chi connectivity index (χ2n) is 9.31. The van der Waals surface area contributed by atoms with Gasteiger partial charge < -0.3 is 14.4 Å². The molecule has 2 aromatic rings. The summed E-state index contributed by atoms with van der Waals surface area (Å²) >= 11 is 0. The Labute approximate surface area is 199 Å². The van der Waals surface area contributed by atoms with Crippen molar-refractivity contribution in [1.82, 2.24) is 9.80 Å². The van der Waals surface area contributed by atoms with Gasteiger partial charge in [-0.2, -0.15) is 0 Å². The van der Waals surface area contributed by atoms with Crippen LogP contribution >= 0.6 is 0 Å². The van der Waals surface area contributed by atoms with Gasteiger partial charge in [-0.25, -0.2) is 9.18 Å². The van der Waals surface area contributed by atoms with E-state index < -0.39 is 11.7 Å². The largest absolute Gasteiger partial charge is 0.441 e. The summed E-state index contributed by atoms with van der Waals surface area (Å²) in [5.74, 6) is -0.369. The molecule has 0 aliphatic carbocycles. The standard InChI is InChI=1S/C26H30FN3O4/c27-21-6-3-7-22(17-21)30-19-26(34-25(30)32)9-4-11-29(12-10-26)24(31)23-8-2-1-5-20(23)18-28-13-15-33-16-14-28/h1-3,5-8,17H,4,9-16,18-19H2/t26-/m1/s1. The molecule has 3 heterocycles. The third kappa shape index (κ3) is 4.79. The number of halogens is 1. The van der Waals surface area contributed by atoms with Crippen molar-refractivity contribution < 1.29 is 23.5 Å². The van der Waals surface area contributed by atoms with E-state index in [0.717, 1.165) is 50.4 Å². The first-order chi connectivity index (χ1) is 16.5. The monoisotopic (exact) mass is 467 g/mol. The summed E-state index contributed by atoms with van der Waals surface area (Å²) in [5, 5.41) is 0. The zero-order valence-electron chi connectivity index (χ0n) is 19.2. The van der Waals surface area contributed by atoms with E-state index in [-0.39, 0.29) is 11.7 Å². The summed E-state index contributed by atoms with van der Waals surface area (Å²) < 4.78 is 25.0. The first-order valence-electron chi connectivity index (χ1n) is 12.0. The van der Waals surface area contributed by atoms with Gasteiger partial charge in [0.2, 0.25) is 0 Å². The Balaban J connectivity index is 1.27. The summed E-state index contributed by atoms with van der Waals surface area (Å²) in [7, 11) is 0. The zero-order valence-corrected chi connectivity index (χ0v) is 19.2. The Bertz CT molecular complexity index is 1060. The molecule has 0 aromatic heterocycles. The van der Waals surface area contributed by atoms with Crippen molar-refractivity contribution in [2.45, 2.75) is 31.4 Å². The van der Waals surface area contributed by atoms with Gasteiger partial charge in [-0.15, -0.1) is 0 Å². The minimum atomic E-state index is -0.661. The molecule has 2 aromatic carbocycles. The van der Waals surface area contributed by atoms with Crippen LogP contribution in [-0.2, 0) is 16.0 Å². The summed E-state index contributed by atoms with van der Waals surface area (Å²) in [5.41, 5.74) is 1.59. The van der Waals surface area contributed by atoms with Crippen LogP contribution in [0.1, 0.15) is 35.2 Å². The highest BCUT2D eigenvalue weighted by molar-refractivity contribution is 5.96. The van der Waals surface area contributed by atoms with Crippen molar-refractivity contribution >= 4 is 17.7 Å². The third-order valence-corrected chi connectivity index (χ3v) is 7.02. The van der Waals surface area contributed by atoms with Crippen molar-refractivity contribution in [1.29, 1.82) is 0 Å². The number of carbonyl (C=O) groups excluding carboxylic acids is 2. The number of morpholine rings is 1. The fraction of sp³-hybridized carbons (Fsp3) is 0.462. The number of hydrogen-bond acceptors (Lipinski definition) is 5. The minimum absolute atomic E-state index is 0.0206. The number of anilines is 1. The molecule has 8 heteroatoms. The van der Waals surface area contributed by atoms with Crippen LogP contribution in [0.15, 0.2) is 48.5 Å². The SMILES string of the molecule is O=C(c1ccccc1CN1CCOCC1)N1CCC[C@@]2(CC1)CN(c1cccc(F)c1)C(=O)O2. The molecule has 180 valence electrons. The van der Waals surface area contributed by atoms with Gasteiger partial charge >= 0.3 is 6.09 Å². The van der Waals surface area contributed by atoms with E-state index in [1.165, 1.54) is 17.0 Å². The first-order valence-corrected chi connectivity index (χ1v) is 12.0. The highest BCUT2D eigenvalue weighted by atomic mass is 19.1. The second kappa shape index (κ2) is 9.72. The normalized spacial score (nSPS) is 23.7. The molecule has 3 aliphatic rings. The molecule has 0 radical (unpaired) electrons. The smallest absolute Gasteiger partial charge is 0.415 e. The van der Waals surface area contributed by atoms with Crippen LogP contribution in [0.4, 0.5) is 14.9 Å². The molecule has 0 N–H and O–H groups in total. The fourth-order valence-corrected chi connectivity index (χ4v) is 5.13. The lowest BCUT2D eigenvalue weighted by atomic mass is 9.95. The van der Waals surface area contributed by atoms with Crippen molar-refractivity contribution in [3.63, 3.8) is 0 Å². The van der Waals surface area contributed by atoms with Crippen molar-refractivity contribution in [3.05, 3.63) is 65.5 Å². The number of likely N-dealkylation sites (tertiary alicyclic amines) is 1. The van der Waals surface area contributed by atoms with Crippen molar-refractivity contribution in [2.24, 2.45) is 0 Å². The van der Waals surface area contributed by atoms with E-state index >= 15 is 0 Å². The van der Waals surface area contributed by atoms with Crippen LogP contribution in [0.25, 0.3) is 0 Å². The van der Waals surface area contributed by atoms with Crippen LogP contribution in [0.5, 0.6) is 0 Å². The Kier molecular flexibility index (Phi) is 6.52. The quantitative estimate of drug-likeness (QED) is 0.687. The van der Waals surface area contributed by atoms with E-state index in [1.807, 2.05) is 29.2 Å². The van der Waals surface area contributed by atoms with E-state index in [0.29, 0.717) is 38.2 Å². The number of ether oxygens (including phenoxy) is 2.